The molecule has 0 aliphatic carbocycles. The second-order valence-corrected chi connectivity index (χ2v) is 6.32. The minimum Gasteiger partial charge on any atom is -0.496 e. The minimum absolute atomic E-state index is 0.0234. The molecular formula is C21H13N5O5. The van der Waals surface area contributed by atoms with Gasteiger partial charge in [-0.1, -0.05) is 5.16 Å². The molecule has 0 saturated heterocycles. The molecule has 0 fully saturated rings. The molecule has 0 atom stereocenters. The van der Waals surface area contributed by atoms with Crippen LogP contribution in [0.25, 0.3) is 22.2 Å². The number of rotatable bonds is 5. The Morgan fingerprint density at radius 3 is 2.74 bits per heavy atom. The Hall–Kier alpha value is -4.78. The summed E-state index contributed by atoms with van der Waals surface area (Å²) in [6, 6.07) is 12.4. The van der Waals surface area contributed by atoms with E-state index in [1.165, 1.54) is 31.5 Å². The molecule has 2 heterocycles. The molecule has 31 heavy (non-hydrogen) atoms. The maximum Gasteiger partial charge on any atom is 0.337 e. The van der Waals surface area contributed by atoms with Crippen LogP contribution in [0.15, 0.2) is 53.2 Å². The van der Waals surface area contributed by atoms with Crippen LogP contribution in [-0.2, 0) is 0 Å². The number of benzene rings is 2. The van der Waals surface area contributed by atoms with Crippen molar-refractivity contribution in [3.63, 3.8) is 0 Å². The third-order valence-electron chi connectivity index (χ3n) is 4.48. The first-order valence-electron chi connectivity index (χ1n) is 8.86. The van der Waals surface area contributed by atoms with Gasteiger partial charge in [0.15, 0.2) is 11.3 Å². The number of anilines is 1. The predicted octanol–water partition coefficient (Wildman–Crippen LogP) is 3.12. The molecule has 0 bridgehead atoms. The van der Waals surface area contributed by atoms with Gasteiger partial charge in [-0.2, -0.15) is 15.5 Å². The average molecular weight is 415 g/mol. The zero-order valence-corrected chi connectivity index (χ0v) is 16.0. The van der Waals surface area contributed by atoms with E-state index in [1.54, 1.807) is 24.3 Å². The van der Waals surface area contributed by atoms with Gasteiger partial charge in [0.05, 0.1) is 41.1 Å². The summed E-state index contributed by atoms with van der Waals surface area (Å²) in [6.07, 6.45) is 1.53. The molecule has 0 radical (unpaired) electrons. The number of nitrogens with one attached hydrogen (secondary N) is 1. The summed E-state index contributed by atoms with van der Waals surface area (Å²) >= 11 is 0. The normalized spacial score (nSPS) is 10.5. The van der Waals surface area contributed by atoms with E-state index in [2.05, 4.69) is 20.7 Å². The van der Waals surface area contributed by atoms with Crippen molar-refractivity contribution in [1.29, 1.82) is 5.26 Å². The van der Waals surface area contributed by atoms with Crippen LogP contribution in [0, 0.1) is 11.3 Å². The van der Waals surface area contributed by atoms with Crippen molar-refractivity contribution in [3.05, 3.63) is 65.5 Å². The summed E-state index contributed by atoms with van der Waals surface area (Å²) in [4.78, 5) is 24.4. The number of ether oxygens (including phenoxy) is 1. The molecule has 0 unspecified atom stereocenters. The number of carboxylic acids is 1. The van der Waals surface area contributed by atoms with Gasteiger partial charge in [-0.15, -0.1) is 0 Å². The molecular weight excluding hydrogens is 402 g/mol. The fourth-order valence-corrected chi connectivity index (χ4v) is 3.02. The smallest absolute Gasteiger partial charge is 0.337 e. The Labute approximate surface area is 174 Å². The van der Waals surface area contributed by atoms with Crippen molar-refractivity contribution in [2.75, 3.05) is 12.4 Å². The SMILES string of the molecule is COc1cc2onc(C(=O)Nc3ccc(C#N)cc3C(=O)O)c2cc1-c1cccnn1. The van der Waals surface area contributed by atoms with Crippen LogP contribution in [0.4, 0.5) is 5.69 Å². The number of nitrogens with zero attached hydrogens (tertiary/aromatic N) is 4. The number of carbonyl (C=O) groups excluding carboxylic acids is 1. The van der Waals surface area contributed by atoms with Gasteiger partial charge in [0.1, 0.15) is 5.75 Å². The first kappa shape index (κ1) is 19.5. The van der Waals surface area contributed by atoms with Crippen molar-refractivity contribution in [1.82, 2.24) is 15.4 Å². The number of hydrogen-bond acceptors (Lipinski definition) is 8. The lowest BCUT2D eigenvalue weighted by molar-refractivity contribution is 0.0698. The standard InChI is InChI=1S/C21H13N5O5/c1-30-17-9-18-14(8-12(17)16-3-2-6-23-25-16)19(26-31-18)20(27)24-15-5-4-11(10-22)7-13(15)21(28)29/h2-9H,1H3,(H,24,27)(H,28,29). The molecule has 4 rings (SSSR count). The summed E-state index contributed by atoms with van der Waals surface area (Å²) in [6.45, 7) is 0. The van der Waals surface area contributed by atoms with Gasteiger partial charge in [-0.3, -0.25) is 4.79 Å². The molecule has 4 aromatic rings. The summed E-state index contributed by atoms with van der Waals surface area (Å²) in [5.74, 6) is -1.51. The number of hydrogen-bond donors (Lipinski definition) is 2. The number of fused-ring (bicyclic) bond motifs is 1. The van der Waals surface area contributed by atoms with Crippen LogP contribution < -0.4 is 10.1 Å². The topological polar surface area (TPSA) is 151 Å². The lowest BCUT2D eigenvalue weighted by Gasteiger charge is -2.09. The Kier molecular flexibility index (Phi) is 4.99. The molecule has 10 heteroatoms. The number of methoxy groups -OCH3 is 1. The fraction of sp³-hybridized carbons (Fsp3) is 0.0476. The Morgan fingerprint density at radius 2 is 2.06 bits per heavy atom. The second kappa shape index (κ2) is 7.92. The largest absolute Gasteiger partial charge is 0.496 e. The van der Waals surface area contributed by atoms with Crippen LogP contribution in [0.3, 0.4) is 0 Å². The molecule has 2 aromatic heterocycles. The zero-order chi connectivity index (χ0) is 22.0. The number of carbonyl (C=O) groups is 2. The van der Waals surface area contributed by atoms with Crippen molar-refractivity contribution >= 4 is 28.5 Å². The lowest BCUT2D eigenvalue weighted by Crippen LogP contribution is -2.15. The predicted molar refractivity (Wildman–Crippen MR) is 108 cm³/mol. The van der Waals surface area contributed by atoms with E-state index in [1.807, 2.05) is 6.07 Å². The van der Waals surface area contributed by atoms with Gasteiger partial charge in [0.25, 0.3) is 5.91 Å². The second-order valence-electron chi connectivity index (χ2n) is 6.32. The maximum atomic E-state index is 12.9. The molecule has 10 nitrogen and oxygen atoms in total. The van der Waals surface area contributed by atoms with E-state index in [4.69, 9.17) is 14.5 Å². The summed E-state index contributed by atoms with van der Waals surface area (Å²) < 4.78 is 10.7. The van der Waals surface area contributed by atoms with Gasteiger partial charge >= 0.3 is 5.97 Å². The average Bonchev–Trinajstić information content (AvgIpc) is 3.21. The number of amides is 1. The van der Waals surface area contributed by atoms with Crippen LogP contribution in [-0.4, -0.2) is 39.4 Å². The molecule has 0 aliphatic heterocycles. The maximum absolute atomic E-state index is 12.9. The molecule has 0 spiro atoms. The number of nitriles is 1. The van der Waals surface area contributed by atoms with E-state index < -0.39 is 11.9 Å². The van der Waals surface area contributed by atoms with Gasteiger partial charge in [0.2, 0.25) is 0 Å². The number of aromatic nitrogens is 3. The van der Waals surface area contributed by atoms with Crippen LogP contribution >= 0.6 is 0 Å². The summed E-state index contributed by atoms with van der Waals surface area (Å²) in [5, 5.41) is 33.0. The zero-order valence-electron chi connectivity index (χ0n) is 16.0. The molecule has 2 N–H and O–H groups in total. The van der Waals surface area contributed by atoms with E-state index in [-0.39, 0.29) is 22.5 Å². The number of carboxylic acid groups (broad SMARTS) is 1. The minimum atomic E-state index is -1.29. The van der Waals surface area contributed by atoms with Crippen molar-refractivity contribution in [3.8, 4) is 23.1 Å². The highest BCUT2D eigenvalue weighted by molar-refractivity contribution is 6.13. The van der Waals surface area contributed by atoms with E-state index >= 15 is 0 Å². The van der Waals surface area contributed by atoms with E-state index in [0.29, 0.717) is 28.0 Å². The fourth-order valence-electron chi connectivity index (χ4n) is 3.02. The van der Waals surface area contributed by atoms with E-state index in [0.717, 1.165) is 0 Å². The molecule has 1 amide bonds. The van der Waals surface area contributed by atoms with Crippen molar-refractivity contribution < 1.29 is 24.0 Å². The van der Waals surface area contributed by atoms with Crippen molar-refractivity contribution in [2.45, 2.75) is 0 Å². The van der Waals surface area contributed by atoms with Crippen LogP contribution in [0.5, 0.6) is 5.75 Å². The van der Waals surface area contributed by atoms with Crippen LogP contribution in [0.2, 0.25) is 0 Å². The van der Waals surface area contributed by atoms with Crippen molar-refractivity contribution in [2.24, 2.45) is 0 Å². The molecule has 0 saturated carbocycles. The Balaban J connectivity index is 1.76. The number of aromatic carboxylic acids is 1. The first-order valence-corrected chi connectivity index (χ1v) is 8.86. The molecule has 2 aromatic carbocycles. The van der Waals surface area contributed by atoms with Crippen LogP contribution in [0.1, 0.15) is 26.4 Å². The first-order chi connectivity index (χ1) is 15.0. The third-order valence-corrected chi connectivity index (χ3v) is 4.48. The van der Waals surface area contributed by atoms with Gasteiger partial charge < -0.3 is 19.7 Å². The highest BCUT2D eigenvalue weighted by atomic mass is 16.5. The Morgan fingerprint density at radius 1 is 1.23 bits per heavy atom. The lowest BCUT2D eigenvalue weighted by atomic mass is 10.1. The third kappa shape index (κ3) is 3.63. The monoisotopic (exact) mass is 415 g/mol. The molecule has 152 valence electrons. The summed E-state index contributed by atoms with van der Waals surface area (Å²) in [7, 11) is 1.49. The molecule has 0 aliphatic rings. The highest BCUT2D eigenvalue weighted by Gasteiger charge is 2.22. The quantitative estimate of drug-likeness (QED) is 0.501. The van der Waals surface area contributed by atoms with Gasteiger partial charge in [0, 0.05) is 17.8 Å². The highest BCUT2D eigenvalue weighted by Crippen LogP contribution is 2.34. The van der Waals surface area contributed by atoms with Gasteiger partial charge in [-0.05, 0) is 36.4 Å². The Bertz CT molecular complexity index is 1360. The summed E-state index contributed by atoms with van der Waals surface area (Å²) in [5.41, 5.74) is 1.30. The van der Waals surface area contributed by atoms with E-state index in [9.17, 15) is 14.7 Å². The van der Waals surface area contributed by atoms with Gasteiger partial charge in [-0.25, -0.2) is 4.79 Å².